The second-order valence-electron chi connectivity index (χ2n) is 14.8. The summed E-state index contributed by atoms with van der Waals surface area (Å²) in [6, 6.07) is 0.401. The van der Waals surface area contributed by atoms with Gasteiger partial charge < -0.3 is 10.3 Å². The van der Waals surface area contributed by atoms with Crippen LogP contribution in [0.15, 0.2) is 22.8 Å². The fourth-order valence-corrected chi connectivity index (χ4v) is 12.2. The van der Waals surface area contributed by atoms with Gasteiger partial charge in [0.05, 0.1) is 6.10 Å². The van der Waals surface area contributed by atoms with E-state index >= 15 is 0 Å². The maximum atomic E-state index is 11.1. The van der Waals surface area contributed by atoms with Gasteiger partial charge in [0, 0.05) is 12.6 Å². The number of rotatable bonds is 0. The molecule has 4 bridgehead atoms. The molecule has 0 aromatic rings. The molecule has 8 rings (SSSR count). The number of aliphatic hydroxyl groups is 1. The van der Waals surface area contributed by atoms with E-state index < -0.39 is 0 Å². The number of allylic oxidation sites excluding steroid dienone is 3. The van der Waals surface area contributed by atoms with Crippen molar-refractivity contribution >= 4 is 0 Å². The number of aliphatic hydroxyl groups excluding tert-OH is 1. The number of fused-ring (bicyclic) bond motifs is 5. The van der Waals surface area contributed by atoms with E-state index in [1.807, 2.05) is 5.57 Å². The standard InChI is InChI=1S/C31H47NO2/c1-17-12-22-27-24-7-6-23-21(18(2)13-25(27)31(24,5)28(22)32(34)16-17)15-26-29(3)11-9-20(33)14-19(29)8-10-30(23,26)4/h14,17,20,22-28,33-34H,6-13,15-16H2,1-5H3/b21-18-/t17-,20-,22-,23+,24-,25+,26+,27?,28+,29-,30-,31-/m0/s1. The van der Waals surface area contributed by atoms with Gasteiger partial charge in [0.2, 0.25) is 0 Å². The van der Waals surface area contributed by atoms with Gasteiger partial charge in [0.15, 0.2) is 0 Å². The zero-order valence-electron chi connectivity index (χ0n) is 22.2. The minimum Gasteiger partial charge on any atom is -0.389 e. The Balaban J connectivity index is 1.25. The summed E-state index contributed by atoms with van der Waals surface area (Å²) in [6.07, 6.45) is 13.3. The second-order valence-corrected chi connectivity index (χ2v) is 14.8. The predicted molar refractivity (Wildman–Crippen MR) is 135 cm³/mol. The summed E-state index contributed by atoms with van der Waals surface area (Å²) < 4.78 is 0. The highest BCUT2D eigenvalue weighted by atomic mass is 16.5. The van der Waals surface area contributed by atoms with Gasteiger partial charge >= 0.3 is 0 Å². The summed E-state index contributed by atoms with van der Waals surface area (Å²) in [7, 11) is 0. The van der Waals surface area contributed by atoms with Crippen LogP contribution in [0.2, 0.25) is 0 Å². The lowest BCUT2D eigenvalue weighted by atomic mass is 9.49. The van der Waals surface area contributed by atoms with Gasteiger partial charge in [-0.2, -0.15) is 5.06 Å². The summed E-state index contributed by atoms with van der Waals surface area (Å²) in [5, 5.41) is 23.2. The molecule has 34 heavy (non-hydrogen) atoms. The highest BCUT2D eigenvalue weighted by Crippen LogP contribution is 2.76. The van der Waals surface area contributed by atoms with Crippen LogP contribution >= 0.6 is 0 Å². The molecule has 3 heteroatoms. The van der Waals surface area contributed by atoms with Crippen molar-refractivity contribution in [2.45, 2.75) is 105 Å². The molecule has 0 amide bonds. The summed E-state index contributed by atoms with van der Waals surface area (Å²) in [4.78, 5) is 0. The SMILES string of the molecule is C/C1=C2\C[C@H]3[C@@](C)(CCC4=C[C@@H](O)CC[C@@]43C)[C@@H]2CC[C@H]2C3[C@@H](C1)[C@@]2(C)[C@H]1[C@H]3C[C@H](C)CN1O. The van der Waals surface area contributed by atoms with Gasteiger partial charge in [-0.25, -0.2) is 0 Å². The number of piperidine rings is 1. The minimum absolute atomic E-state index is 0.215. The van der Waals surface area contributed by atoms with Gasteiger partial charge in [-0.1, -0.05) is 50.5 Å². The lowest BCUT2D eigenvalue weighted by molar-refractivity contribution is -0.195. The Labute approximate surface area is 207 Å². The Morgan fingerprint density at radius 2 is 1.82 bits per heavy atom. The Morgan fingerprint density at radius 3 is 2.62 bits per heavy atom. The van der Waals surface area contributed by atoms with Crippen LogP contribution in [0.4, 0.5) is 0 Å². The Hall–Kier alpha value is -0.640. The molecule has 0 spiro atoms. The highest BCUT2D eigenvalue weighted by Gasteiger charge is 2.74. The second kappa shape index (κ2) is 7.01. The van der Waals surface area contributed by atoms with Gasteiger partial charge in [-0.15, -0.1) is 0 Å². The number of nitrogens with zero attached hydrogens (tertiary/aromatic N) is 1. The maximum Gasteiger partial charge on any atom is 0.0724 e. The first-order valence-electron chi connectivity index (χ1n) is 14.6. The molecule has 1 saturated heterocycles. The molecule has 3 nitrogen and oxygen atoms in total. The highest BCUT2D eigenvalue weighted by molar-refractivity contribution is 5.36. The summed E-state index contributed by atoms with van der Waals surface area (Å²) in [5.41, 5.74) is 6.14. The first-order chi connectivity index (χ1) is 16.1. The molecule has 12 atom stereocenters. The Morgan fingerprint density at radius 1 is 1.03 bits per heavy atom. The molecule has 5 saturated carbocycles. The zero-order chi connectivity index (χ0) is 23.8. The van der Waals surface area contributed by atoms with E-state index in [9.17, 15) is 10.3 Å². The van der Waals surface area contributed by atoms with Crippen LogP contribution in [-0.2, 0) is 0 Å². The van der Waals surface area contributed by atoms with Crippen molar-refractivity contribution in [3.8, 4) is 0 Å². The van der Waals surface area contributed by atoms with Crippen LogP contribution in [0.3, 0.4) is 0 Å². The van der Waals surface area contributed by atoms with Crippen molar-refractivity contribution in [1.82, 2.24) is 5.06 Å². The van der Waals surface area contributed by atoms with E-state index in [1.54, 1.807) is 16.2 Å². The average molecular weight is 466 g/mol. The third-order valence-electron chi connectivity index (χ3n) is 13.6. The first kappa shape index (κ1) is 22.5. The van der Waals surface area contributed by atoms with Crippen LogP contribution in [0, 0.1) is 57.7 Å². The molecule has 0 aromatic carbocycles. The fourth-order valence-electron chi connectivity index (χ4n) is 12.2. The van der Waals surface area contributed by atoms with Crippen molar-refractivity contribution in [2.24, 2.45) is 57.7 Å². The quantitative estimate of drug-likeness (QED) is 0.396. The molecule has 1 aliphatic heterocycles. The van der Waals surface area contributed by atoms with Crippen molar-refractivity contribution in [3.05, 3.63) is 22.8 Å². The molecule has 188 valence electrons. The fraction of sp³-hybridized carbons (Fsp3) is 0.871. The molecule has 1 unspecified atom stereocenters. The molecule has 0 radical (unpaired) electrons. The van der Waals surface area contributed by atoms with Gasteiger partial charge in [0.1, 0.15) is 0 Å². The normalized spacial score (nSPS) is 60.6. The third-order valence-corrected chi connectivity index (χ3v) is 13.6. The maximum absolute atomic E-state index is 11.1. The number of hydrogen-bond acceptors (Lipinski definition) is 3. The largest absolute Gasteiger partial charge is 0.389 e. The van der Waals surface area contributed by atoms with Crippen molar-refractivity contribution in [1.29, 1.82) is 0 Å². The lowest BCUT2D eigenvalue weighted by Gasteiger charge is -2.56. The van der Waals surface area contributed by atoms with Crippen molar-refractivity contribution < 1.29 is 10.3 Å². The molecule has 6 fully saturated rings. The molecule has 0 aromatic heterocycles. The van der Waals surface area contributed by atoms with Gasteiger partial charge in [-0.05, 0) is 122 Å². The van der Waals surface area contributed by atoms with E-state index in [-0.39, 0.29) is 11.5 Å². The van der Waals surface area contributed by atoms with E-state index in [0.717, 1.165) is 42.6 Å². The summed E-state index contributed by atoms with van der Waals surface area (Å²) >= 11 is 0. The van der Waals surface area contributed by atoms with Crippen molar-refractivity contribution in [2.75, 3.05) is 6.54 Å². The Kier molecular flexibility index (Phi) is 4.65. The third kappa shape index (κ3) is 2.56. The van der Waals surface area contributed by atoms with E-state index in [1.165, 1.54) is 51.4 Å². The number of hydrogen-bond donors (Lipinski definition) is 2. The minimum atomic E-state index is -0.215. The van der Waals surface area contributed by atoms with Crippen LogP contribution < -0.4 is 0 Å². The molecule has 2 N–H and O–H groups in total. The molecule has 1 heterocycles. The summed E-state index contributed by atoms with van der Waals surface area (Å²) in [6.45, 7) is 13.5. The van der Waals surface area contributed by atoms with Crippen LogP contribution in [0.1, 0.15) is 92.4 Å². The van der Waals surface area contributed by atoms with Crippen molar-refractivity contribution in [3.63, 3.8) is 0 Å². The van der Waals surface area contributed by atoms with E-state index in [4.69, 9.17) is 0 Å². The predicted octanol–water partition coefficient (Wildman–Crippen LogP) is 6.61. The van der Waals surface area contributed by atoms with Gasteiger partial charge in [0.25, 0.3) is 0 Å². The molecule has 8 aliphatic rings. The zero-order valence-corrected chi connectivity index (χ0v) is 22.2. The first-order valence-corrected chi connectivity index (χ1v) is 14.6. The topological polar surface area (TPSA) is 43.7 Å². The van der Waals surface area contributed by atoms with E-state index in [2.05, 4.69) is 40.7 Å². The average Bonchev–Trinajstić information content (AvgIpc) is 3.33. The summed E-state index contributed by atoms with van der Waals surface area (Å²) in [5.74, 6) is 5.23. The lowest BCUT2D eigenvalue weighted by Crippen LogP contribution is -2.55. The van der Waals surface area contributed by atoms with Crippen LogP contribution in [-0.4, -0.2) is 34.1 Å². The van der Waals surface area contributed by atoms with Crippen LogP contribution in [0.25, 0.3) is 0 Å². The molecule has 7 aliphatic carbocycles. The molecular weight excluding hydrogens is 418 g/mol. The number of hydroxylamine groups is 2. The Bertz CT molecular complexity index is 968. The van der Waals surface area contributed by atoms with Gasteiger partial charge in [-0.3, -0.25) is 0 Å². The smallest absolute Gasteiger partial charge is 0.0724 e. The van der Waals surface area contributed by atoms with E-state index in [0.29, 0.717) is 28.7 Å². The van der Waals surface area contributed by atoms with Crippen LogP contribution in [0.5, 0.6) is 0 Å². The molecular formula is C31H47NO2. The monoisotopic (exact) mass is 465 g/mol.